The fourth-order valence-corrected chi connectivity index (χ4v) is 4.49. The van der Waals surface area contributed by atoms with Gasteiger partial charge in [0.05, 0.1) is 0 Å². The van der Waals surface area contributed by atoms with Gasteiger partial charge in [0.1, 0.15) is 5.82 Å². The molecule has 0 saturated heterocycles. The number of thiophene rings is 1. The SMILES string of the molecule is Nc1ccc(-c2cnc(N)c3c(-c4ccc5[nH]ccc5c4)csc23)cc1. The minimum atomic E-state index is 0.560. The van der Waals surface area contributed by atoms with Crippen molar-refractivity contribution >= 4 is 43.8 Å². The highest BCUT2D eigenvalue weighted by Crippen LogP contribution is 2.42. The van der Waals surface area contributed by atoms with Crippen molar-refractivity contribution in [2.45, 2.75) is 0 Å². The van der Waals surface area contributed by atoms with E-state index in [2.05, 4.69) is 39.6 Å². The molecule has 5 heteroatoms. The van der Waals surface area contributed by atoms with Gasteiger partial charge < -0.3 is 16.5 Å². The monoisotopic (exact) mass is 356 g/mol. The normalized spacial score (nSPS) is 11.4. The number of aromatic nitrogens is 2. The maximum absolute atomic E-state index is 6.27. The molecule has 0 aliphatic rings. The highest BCUT2D eigenvalue weighted by Gasteiger charge is 2.15. The van der Waals surface area contributed by atoms with Crippen LogP contribution in [0.15, 0.2) is 66.3 Å². The van der Waals surface area contributed by atoms with E-state index in [4.69, 9.17) is 11.5 Å². The zero-order valence-corrected chi connectivity index (χ0v) is 14.7. The van der Waals surface area contributed by atoms with E-state index < -0.39 is 0 Å². The van der Waals surface area contributed by atoms with Gasteiger partial charge in [-0.25, -0.2) is 4.98 Å². The van der Waals surface area contributed by atoms with Crippen LogP contribution in [0.5, 0.6) is 0 Å². The minimum absolute atomic E-state index is 0.560. The molecule has 0 radical (unpaired) electrons. The van der Waals surface area contributed by atoms with Gasteiger partial charge in [0, 0.05) is 44.8 Å². The van der Waals surface area contributed by atoms with Gasteiger partial charge in [-0.15, -0.1) is 11.3 Å². The first-order valence-electron chi connectivity index (χ1n) is 8.30. The number of hydrogen-bond donors (Lipinski definition) is 3. The van der Waals surface area contributed by atoms with Crippen molar-refractivity contribution < 1.29 is 0 Å². The zero-order chi connectivity index (χ0) is 17.7. The van der Waals surface area contributed by atoms with Crippen LogP contribution in [0.2, 0.25) is 0 Å². The molecule has 0 saturated carbocycles. The summed E-state index contributed by atoms with van der Waals surface area (Å²) in [7, 11) is 0. The lowest BCUT2D eigenvalue weighted by Crippen LogP contribution is -1.93. The topological polar surface area (TPSA) is 80.7 Å². The van der Waals surface area contributed by atoms with Crippen LogP contribution in [-0.2, 0) is 0 Å². The Kier molecular flexibility index (Phi) is 3.23. The van der Waals surface area contributed by atoms with E-state index in [1.54, 1.807) is 11.3 Å². The molecule has 0 unspecified atom stereocenters. The molecule has 26 heavy (non-hydrogen) atoms. The average molecular weight is 356 g/mol. The van der Waals surface area contributed by atoms with Crippen molar-refractivity contribution in [2.24, 2.45) is 0 Å². The van der Waals surface area contributed by atoms with Crippen LogP contribution in [-0.4, -0.2) is 9.97 Å². The molecule has 0 aliphatic heterocycles. The van der Waals surface area contributed by atoms with E-state index in [1.807, 2.05) is 36.7 Å². The third-order valence-electron chi connectivity index (χ3n) is 4.71. The predicted octanol–water partition coefficient (Wildman–Crippen LogP) is 5.28. The van der Waals surface area contributed by atoms with Gasteiger partial charge in [-0.3, -0.25) is 0 Å². The first kappa shape index (κ1) is 15.0. The molecule has 126 valence electrons. The van der Waals surface area contributed by atoms with Gasteiger partial charge in [0.25, 0.3) is 0 Å². The standard InChI is InChI=1S/C21H16N4S/c22-15-4-1-12(2-5-15)16-10-25-21(23)19-17(11-26-20(16)19)13-3-6-18-14(9-13)7-8-24-18/h1-11,24H,22H2,(H2,23,25). The summed E-state index contributed by atoms with van der Waals surface area (Å²) in [6, 6.07) is 16.3. The lowest BCUT2D eigenvalue weighted by Gasteiger charge is -2.07. The first-order chi connectivity index (χ1) is 12.7. The van der Waals surface area contributed by atoms with Crippen molar-refractivity contribution in [3.8, 4) is 22.3 Å². The highest BCUT2D eigenvalue weighted by atomic mass is 32.1. The Labute approximate surface area is 154 Å². The summed E-state index contributed by atoms with van der Waals surface area (Å²) in [6.07, 6.45) is 3.80. The Morgan fingerprint density at radius 3 is 2.54 bits per heavy atom. The third kappa shape index (κ3) is 2.25. The van der Waals surface area contributed by atoms with Gasteiger partial charge in [-0.1, -0.05) is 18.2 Å². The Morgan fingerprint density at radius 1 is 0.885 bits per heavy atom. The van der Waals surface area contributed by atoms with E-state index in [9.17, 15) is 0 Å². The van der Waals surface area contributed by atoms with Crippen LogP contribution in [0.1, 0.15) is 0 Å². The number of aromatic amines is 1. The molecule has 3 heterocycles. The summed E-state index contributed by atoms with van der Waals surface area (Å²) in [5, 5.41) is 4.36. The van der Waals surface area contributed by atoms with Gasteiger partial charge >= 0.3 is 0 Å². The maximum atomic E-state index is 6.27. The molecule has 5 rings (SSSR count). The number of rotatable bonds is 2. The molecule has 5 N–H and O–H groups in total. The summed E-state index contributed by atoms with van der Waals surface area (Å²) < 4.78 is 1.14. The van der Waals surface area contributed by atoms with E-state index in [-0.39, 0.29) is 0 Å². The summed E-state index contributed by atoms with van der Waals surface area (Å²) in [4.78, 5) is 7.69. The predicted molar refractivity (Wildman–Crippen MR) is 111 cm³/mol. The summed E-state index contributed by atoms with van der Waals surface area (Å²) in [6.45, 7) is 0. The van der Waals surface area contributed by atoms with Gasteiger partial charge in [0.2, 0.25) is 0 Å². The molecule has 2 aromatic carbocycles. The van der Waals surface area contributed by atoms with Crippen molar-refractivity contribution in [1.82, 2.24) is 9.97 Å². The number of hydrogen-bond acceptors (Lipinski definition) is 4. The number of nitrogens with one attached hydrogen (secondary N) is 1. The van der Waals surface area contributed by atoms with Crippen molar-refractivity contribution in [1.29, 1.82) is 0 Å². The van der Waals surface area contributed by atoms with Crippen molar-refractivity contribution in [3.63, 3.8) is 0 Å². The number of nitrogens with zero attached hydrogens (tertiary/aromatic N) is 1. The zero-order valence-electron chi connectivity index (χ0n) is 13.9. The second-order valence-corrected chi connectivity index (χ2v) is 7.19. The van der Waals surface area contributed by atoms with Crippen LogP contribution in [0.3, 0.4) is 0 Å². The molecule has 0 atom stereocenters. The van der Waals surface area contributed by atoms with Crippen LogP contribution in [0.25, 0.3) is 43.2 Å². The largest absolute Gasteiger partial charge is 0.399 e. The molecule has 5 aromatic rings. The van der Waals surface area contributed by atoms with Crippen LogP contribution in [0.4, 0.5) is 11.5 Å². The first-order valence-corrected chi connectivity index (χ1v) is 9.18. The van der Waals surface area contributed by atoms with Crippen molar-refractivity contribution in [2.75, 3.05) is 11.5 Å². The molecule has 0 fully saturated rings. The van der Waals surface area contributed by atoms with Crippen LogP contribution >= 0.6 is 11.3 Å². The van der Waals surface area contributed by atoms with E-state index in [1.165, 1.54) is 5.39 Å². The van der Waals surface area contributed by atoms with Gasteiger partial charge in [0.15, 0.2) is 0 Å². The molecule has 0 bridgehead atoms. The number of anilines is 2. The molecule has 0 amide bonds. The Morgan fingerprint density at radius 2 is 1.69 bits per heavy atom. The smallest absolute Gasteiger partial charge is 0.132 e. The number of benzene rings is 2. The Hall–Kier alpha value is -3.31. The molecule has 0 aliphatic carbocycles. The quantitative estimate of drug-likeness (QED) is 0.377. The number of fused-ring (bicyclic) bond motifs is 2. The fraction of sp³-hybridized carbons (Fsp3) is 0. The minimum Gasteiger partial charge on any atom is -0.399 e. The van der Waals surface area contributed by atoms with Crippen LogP contribution in [0, 0.1) is 0 Å². The van der Waals surface area contributed by atoms with Crippen LogP contribution < -0.4 is 11.5 Å². The number of H-pyrrole nitrogens is 1. The van der Waals surface area contributed by atoms with Gasteiger partial charge in [-0.2, -0.15) is 0 Å². The molecule has 4 nitrogen and oxygen atoms in total. The highest BCUT2D eigenvalue weighted by molar-refractivity contribution is 7.18. The molecular formula is C21H16N4S. The number of nitrogens with two attached hydrogens (primary N) is 2. The molecular weight excluding hydrogens is 340 g/mol. The summed E-state index contributed by atoms with van der Waals surface area (Å²) >= 11 is 1.70. The van der Waals surface area contributed by atoms with E-state index >= 15 is 0 Å². The maximum Gasteiger partial charge on any atom is 0.132 e. The Bertz CT molecular complexity index is 1250. The molecule has 0 spiro atoms. The number of nitrogen functional groups attached to an aromatic ring is 2. The number of pyridine rings is 1. The summed E-state index contributed by atoms with van der Waals surface area (Å²) in [5.41, 5.74) is 18.4. The molecule has 3 aromatic heterocycles. The van der Waals surface area contributed by atoms with E-state index in [0.29, 0.717) is 5.82 Å². The van der Waals surface area contributed by atoms with Crippen molar-refractivity contribution in [3.05, 3.63) is 66.3 Å². The average Bonchev–Trinajstić information content (AvgIpc) is 3.29. The fourth-order valence-electron chi connectivity index (χ4n) is 3.37. The second-order valence-electron chi connectivity index (χ2n) is 6.31. The summed E-state index contributed by atoms with van der Waals surface area (Å²) in [5.74, 6) is 0.560. The van der Waals surface area contributed by atoms with E-state index in [0.717, 1.165) is 43.5 Å². The Balaban J connectivity index is 1.75. The third-order valence-corrected chi connectivity index (χ3v) is 5.72. The lowest BCUT2D eigenvalue weighted by atomic mass is 10.0. The lowest BCUT2D eigenvalue weighted by molar-refractivity contribution is 1.37. The second kappa shape index (κ2) is 5.61. The van der Waals surface area contributed by atoms with Gasteiger partial charge in [-0.05, 0) is 52.2 Å².